The van der Waals surface area contributed by atoms with Crippen molar-refractivity contribution in [2.24, 2.45) is 13.0 Å². The van der Waals surface area contributed by atoms with Gasteiger partial charge in [-0.3, -0.25) is 24.5 Å². The van der Waals surface area contributed by atoms with Crippen molar-refractivity contribution in [1.82, 2.24) is 15.1 Å². The van der Waals surface area contributed by atoms with E-state index < -0.39 is 12.0 Å². The summed E-state index contributed by atoms with van der Waals surface area (Å²) >= 11 is 0. The number of aliphatic carboxylic acids is 1. The van der Waals surface area contributed by atoms with Gasteiger partial charge in [-0.1, -0.05) is 0 Å². The zero-order valence-electron chi connectivity index (χ0n) is 16.1. The zero-order chi connectivity index (χ0) is 19.8. The first-order valence-corrected chi connectivity index (χ1v) is 9.47. The van der Waals surface area contributed by atoms with Crippen LogP contribution in [0.25, 0.3) is 10.9 Å². The summed E-state index contributed by atoms with van der Waals surface area (Å²) in [6.45, 7) is 1.96. The number of carboxylic acids is 1. The van der Waals surface area contributed by atoms with Crippen molar-refractivity contribution in [3.05, 3.63) is 18.2 Å². The highest BCUT2D eigenvalue weighted by Gasteiger charge is 2.28. The molecule has 0 atom stereocenters. The number of urea groups is 1. The molecule has 3 heterocycles. The Morgan fingerprint density at radius 3 is 2.62 bits per heavy atom. The molecule has 2 aliphatic rings. The van der Waals surface area contributed by atoms with Gasteiger partial charge in [-0.15, -0.1) is 12.4 Å². The molecule has 10 heteroatoms. The third kappa shape index (κ3) is 4.14. The van der Waals surface area contributed by atoms with Gasteiger partial charge >= 0.3 is 12.0 Å². The summed E-state index contributed by atoms with van der Waals surface area (Å²) in [6, 6.07) is 5.58. The van der Waals surface area contributed by atoms with Crippen LogP contribution in [-0.2, 0) is 16.6 Å². The molecule has 4 rings (SSSR count). The average Bonchev–Trinajstić information content (AvgIpc) is 2.98. The molecule has 2 fully saturated rings. The Hall–Kier alpha value is -2.81. The van der Waals surface area contributed by atoms with Gasteiger partial charge in [-0.25, -0.2) is 4.79 Å². The van der Waals surface area contributed by atoms with Crippen LogP contribution in [0.5, 0.6) is 0 Å². The van der Waals surface area contributed by atoms with E-state index in [1.807, 2.05) is 19.2 Å². The number of hydrogen-bond donors (Lipinski definition) is 2. The Bertz CT molecular complexity index is 951. The number of piperidine rings is 1. The van der Waals surface area contributed by atoms with Crippen molar-refractivity contribution < 1.29 is 19.5 Å². The van der Waals surface area contributed by atoms with Gasteiger partial charge in [0, 0.05) is 50.6 Å². The van der Waals surface area contributed by atoms with Crippen molar-refractivity contribution in [3.63, 3.8) is 0 Å². The quantitative estimate of drug-likeness (QED) is 0.783. The molecule has 0 bridgehead atoms. The molecule has 2 aromatic rings. The van der Waals surface area contributed by atoms with Gasteiger partial charge in [0.05, 0.1) is 5.52 Å². The van der Waals surface area contributed by atoms with E-state index in [4.69, 9.17) is 5.11 Å². The fourth-order valence-corrected chi connectivity index (χ4v) is 4.03. The Balaban J connectivity index is 0.00000240. The van der Waals surface area contributed by atoms with E-state index in [2.05, 4.69) is 21.4 Å². The number of hydrogen-bond acceptors (Lipinski definition) is 5. The second kappa shape index (κ2) is 8.28. The molecule has 0 saturated carbocycles. The summed E-state index contributed by atoms with van der Waals surface area (Å²) < 4.78 is 1.75. The Morgan fingerprint density at radius 1 is 1.24 bits per heavy atom. The first kappa shape index (κ1) is 20.9. The van der Waals surface area contributed by atoms with E-state index >= 15 is 0 Å². The van der Waals surface area contributed by atoms with Gasteiger partial charge in [-0.05, 0) is 37.0 Å². The number of benzene rings is 1. The van der Waals surface area contributed by atoms with Gasteiger partial charge in [0.25, 0.3) is 0 Å². The largest absolute Gasteiger partial charge is 0.481 e. The lowest BCUT2D eigenvalue weighted by Crippen LogP contribution is -2.49. The number of halogens is 1. The molecule has 0 aliphatic carbocycles. The Labute approximate surface area is 174 Å². The average molecular weight is 422 g/mol. The number of carbonyl (C=O) groups is 3. The molecule has 9 nitrogen and oxygen atoms in total. The summed E-state index contributed by atoms with van der Waals surface area (Å²) in [5, 5.41) is 16.7. The molecule has 0 radical (unpaired) electrons. The molecule has 0 spiro atoms. The minimum absolute atomic E-state index is 0. The predicted octanol–water partition coefficient (Wildman–Crippen LogP) is 2.13. The normalized spacial score (nSPS) is 18.0. The maximum absolute atomic E-state index is 12.2. The number of imide groups is 1. The van der Waals surface area contributed by atoms with Crippen LogP contribution in [0, 0.1) is 5.92 Å². The molecule has 2 N–H and O–H groups in total. The van der Waals surface area contributed by atoms with Crippen molar-refractivity contribution >= 4 is 52.7 Å². The number of rotatable bonds is 4. The minimum Gasteiger partial charge on any atom is -0.481 e. The van der Waals surface area contributed by atoms with Crippen LogP contribution in [0.2, 0.25) is 0 Å². The molecule has 156 valence electrons. The zero-order valence-corrected chi connectivity index (χ0v) is 16.9. The number of amides is 3. The van der Waals surface area contributed by atoms with Gasteiger partial charge < -0.3 is 10.0 Å². The number of nitrogens with one attached hydrogen (secondary N) is 1. The van der Waals surface area contributed by atoms with Crippen LogP contribution in [0.15, 0.2) is 18.2 Å². The number of carboxylic acid groups (broad SMARTS) is 1. The van der Waals surface area contributed by atoms with E-state index in [9.17, 15) is 14.4 Å². The number of nitrogens with zero attached hydrogens (tertiary/aromatic N) is 4. The molecule has 29 heavy (non-hydrogen) atoms. The first-order chi connectivity index (χ1) is 13.4. The maximum atomic E-state index is 12.2. The number of anilines is 2. The predicted molar refractivity (Wildman–Crippen MR) is 111 cm³/mol. The summed E-state index contributed by atoms with van der Waals surface area (Å²) in [5.74, 6) is -0.212. The lowest BCUT2D eigenvalue weighted by atomic mass is 9.93. The SMILES string of the molecule is Cl.Cn1nc(N2CCC(=O)NC2=O)c2ccc(N3CCC(CC(=O)O)CC3)cc21. The summed E-state index contributed by atoms with van der Waals surface area (Å²) in [7, 11) is 1.84. The van der Waals surface area contributed by atoms with Crippen LogP contribution in [0.4, 0.5) is 16.3 Å². The van der Waals surface area contributed by atoms with Crippen molar-refractivity contribution in [3.8, 4) is 0 Å². The lowest BCUT2D eigenvalue weighted by molar-refractivity contribution is -0.138. The monoisotopic (exact) mass is 421 g/mol. The van der Waals surface area contributed by atoms with Crippen LogP contribution >= 0.6 is 12.4 Å². The Kier molecular flexibility index (Phi) is 5.97. The standard InChI is InChI=1S/C19H23N5O4.ClH/c1-22-15-11-13(23-7-4-12(5-8-23)10-17(26)27)2-3-14(15)18(21-22)24-9-6-16(25)20-19(24)28;/h2-3,11-12H,4-10H2,1H3,(H,26,27)(H,20,25,28);1H. The van der Waals surface area contributed by atoms with E-state index in [0.29, 0.717) is 12.4 Å². The van der Waals surface area contributed by atoms with E-state index in [1.54, 1.807) is 4.68 Å². The fraction of sp³-hybridized carbons (Fsp3) is 0.474. The molecule has 0 unspecified atom stereocenters. The van der Waals surface area contributed by atoms with Gasteiger partial charge in [0.15, 0.2) is 5.82 Å². The molecular formula is C19H24ClN5O4. The van der Waals surface area contributed by atoms with Gasteiger partial charge in [0.2, 0.25) is 5.91 Å². The lowest BCUT2D eigenvalue weighted by Gasteiger charge is -2.33. The summed E-state index contributed by atoms with van der Waals surface area (Å²) in [4.78, 5) is 38.2. The van der Waals surface area contributed by atoms with Gasteiger partial charge in [0.1, 0.15) is 0 Å². The number of carbonyl (C=O) groups excluding carboxylic acids is 2. The van der Waals surface area contributed by atoms with Gasteiger partial charge in [-0.2, -0.15) is 5.10 Å². The first-order valence-electron chi connectivity index (χ1n) is 9.47. The van der Waals surface area contributed by atoms with Crippen LogP contribution < -0.4 is 15.1 Å². The highest BCUT2D eigenvalue weighted by atomic mass is 35.5. The van der Waals surface area contributed by atoms with E-state index in [-0.39, 0.29) is 37.1 Å². The minimum atomic E-state index is -0.731. The number of aromatic nitrogens is 2. The molecular weight excluding hydrogens is 398 g/mol. The van der Waals surface area contributed by atoms with Crippen LogP contribution in [-0.4, -0.2) is 52.4 Å². The Morgan fingerprint density at radius 2 is 1.97 bits per heavy atom. The van der Waals surface area contributed by atoms with Crippen molar-refractivity contribution in [2.45, 2.75) is 25.7 Å². The number of aryl methyl sites for hydroxylation is 1. The summed E-state index contributed by atoms with van der Waals surface area (Å²) in [6.07, 6.45) is 2.22. The highest BCUT2D eigenvalue weighted by Crippen LogP contribution is 2.32. The smallest absolute Gasteiger partial charge is 0.329 e. The third-order valence-corrected chi connectivity index (χ3v) is 5.57. The molecule has 1 aromatic carbocycles. The van der Waals surface area contributed by atoms with Crippen molar-refractivity contribution in [1.29, 1.82) is 0 Å². The van der Waals surface area contributed by atoms with Crippen LogP contribution in [0.1, 0.15) is 25.7 Å². The fourth-order valence-electron chi connectivity index (χ4n) is 4.03. The topological polar surface area (TPSA) is 108 Å². The summed E-state index contributed by atoms with van der Waals surface area (Å²) in [5.41, 5.74) is 1.97. The molecule has 2 saturated heterocycles. The van der Waals surface area contributed by atoms with Crippen molar-refractivity contribution in [2.75, 3.05) is 29.4 Å². The van der Waals surface area contributed by atoms with E-state index in [1.165, 1.54) is 4.90 Å². The second-order valence-electron chi connectivity index (χ2n) is 7.43. The number of fused-ring (bicyclic) bond motifs is 1. The second-order valence-corrected chi connectivity index (χ2v) is 7.43. The molecule has 3 amide bonds. The third-order valence-electron chi connectivity index (χ3n) is 5.57. The van der Waals surface area contributed by atoms with E-state index in [0.717, 1.165) is 42.5 Å². The molecule has 2 aliphatic heterocycles. The molecule has 1 aromatic heterocycles. The maximum Gasteiger partial charge on any atom is 0.329 e. The highest BCUT2D eigenvalue weighted by molar-refractivity contribution is 6.09. The van der Waals surface area contributed by atoms with Crippen LogP contribution in [0.3, 0.4) is 0 Å².